The lowest BCUT2D eigenvalue weighted by Crippen LogP contribution is -2.24. The van der Waals surface area contributed by atoms with Gasteiger partial charge in [0, 0.05) is 6.54 Å². The van der Waals surface area contributed by atoms with Crippen molar-refractivity contribution < 1.29 is 0 Å². The normalized spacial score (nSPS) is 9.56. The van der Waals surface area contributed by atoms with Gasteiger partial charge in [-0.1, -0.05) is 12.8 Å². The van der Waals surface area contributed by atoms with Gasteiger partial charge in [-0.25, -0.2) is 5.43 Å². The molecule has 0 spiro atoms. The first-order valence-electron chi connectivity index (χ1n) is 5.15. The van der Waals surface area contributed by atoms with Crippen LogP contribution in [0, 0.1) is 19.3 Å². The maximum absolute atomic E-state index is 5.14. The summed E-state index contributed by atoms with van der Waals surface area (Å²) in [5.41, 5.74) is 5.89. The minimum absolute atomic E-state index is 0.394. The molecule has 0 unspecified atom stereocenters. The first-order valence-corrected chi connectivity index (χ1v) is 5.15. The van der Waals surface area contributed by atoms with Gasteiger partial charge in [-0.15, -0.1) is 6.42 Å². The first kappa shape index (κ1) is 12.2. The zero-order valence-corrected chi connectivity index (χ0v) is 9.54. The molecule has 0 bridgehead atoms. The highest BCUT2D eigenvalue weighted by atomic mass is 15.4. The number of terminal acetylenes is 1. The molecule has 0 aromatic carbocycles. The van der Waals surface area contributed by atoms with E-state index in [2.05, 4.69) is 44.0 Å². The lowest BCUT2D eigenvalue weighted by Gasteiger charge is -2.07. The monoisotopic (exact) mass is 220 g/mol. The molecule has 0 saturated carbocycles. The van der Waals surface area contributed by atoms with E-state index in [1.165, 1.54) is 0 Å². The van der Waals surface area contributed by atoms with E-state index in [9.17, 15) is 0 Å². The van der Waals surface area contributed by atoms with Gasteiger partial charge in [0.25, 0.3) is 0 Å². The molecule has 1 aromatic rings. The van der Waals surface area contributed by atoms with Crippen LogP contribution in [0.1, 0.15) is 19.2 Å². The van der Waals surface area contributed by atoms with Crippen LogP contribution in [0.4, 0.5) is 11.9 Å². The molecule has 86 valence electrons. The molecule has 16 heavy (non-hydrogen) atoms. The fourth-order valence-corrected chi connectivity index (χ4v) is 1.01. The van der Waals surface area contributed by atoms with Crippen molar-refractivity contribution in [2.45, 2.75) is 20.3 Å². The second kappa shape index (κ2) is 6.58. The Morgan fingerprint density at radius 3 is 2.69 bits per heavy atom. The Hall–Kier alpha value is -1.87. The molecule has 0 aliphatic rings. The molecule has 1 rings (SSSR count). The molecule has 0 atom stereocenters. The summed E-state index contributed by atoms with van der Waals surface area (Å²) in [5, 5.41) is 2.90. The number of aryl methyl sites for hydroxylation is 1. The quantitative estimate of drug-likeness (QED) is 0.369. The predicted octanol–water partition coefficient (Wildman–Crippen LogP) is 0.552. The van der Waals surface area contributed by atoms with Crippen molar-refractivity contribution >= 4 is 11.9 Å². The van der Waals surface area contributed by atoms with Gasteiger partial charge < -0.3 is 5.32 Å². The Labute approximate surface area is 95.3 Å². The Balaban J connectivity index is 2.62. The average Bonchev–Trinajstić information content (AvgIpc) is 2.26. The first-order chi connectivity index (χ1) is 7.76. The Morgan fingerprint density at radius 2 is 2.00 bits per heavy atom. The van der Waals surface area contributed by atoms with Gasteiger partial charge in [0.1, 0.15) is 5.82 Å². The van der Waals surface area contributed by atoms with E-state index >= 15 is 0 Å². The highest BCUT2D eigenvalue weighted by molar-refractivity contribution is 5.34. The minimum Gasteiger partial charge on any atom is -0.343 e. The lowest BCUT2D eigenvalue weighted by atomic mass is 10.5. The van der Waals surface area contributed by atoms with E-state index in [0.29, 0.717) is 24.3 Å². The van der Waals surface area contributed by atoms with E-state index in [-0.39, 0.29) is 0 Å². The number of rotatable bonds is 6. The second-order valence-corrected chi connectivity index (χ2v) is 3.14. The van der Waals surface area contributed by atoms with E-state index in [1.807, 2.05) is 0 Å². The van der Waals surface area contributed by atoms with E-state index < -0.39 is 0 Å². The second-order valence-electron chi connectivity index (χ2n) is 3.14. The summed E-state index contributed by atoms with van der Waals surface area (Å²) in [6, 6.07) is 0. The van der Waals surface area contributed by atoms with E-state index in [1.54, 1.807) is 6.92 Å². The minimum atomic E-state index is 0.394. The number of anilines is 2. The van der Waals surface area contributed by atoms with Crippen LogP contribution < -0.4 is 16.2 Å². The number of aromatic nitrogens is 3. The average molecular weight is 220 g/mol. The van der Waals surface area contributed by atoms with Gasteiger partial charge in [-0.3, -0.25) is 5.43 Å². The molecule has 1 heterocycles. The van der Waals surface area contributed by atoms with Crippen LogP contribution in [0.25, 0.3) is 0 Å². The van der Waals surface area contributed by atoms with Gasteiger partial charge in [0.15, 0.2) is 0 Å². The molecular formula is C10H16N6. The highest BCUT2D eigenvalue weighted by Crippen LogP contribution is 2.03. The third-order valence-electron chi connectivity index (χ3n) is 1.67. The van der Waals surface area contributed by atoms with Crippen LogP contribution in [-0.2, 0) is 0 Å². The number of hydrogen-bond acceptors (Lipinski definition) is 6. The van der Waals surface area contributed by atoms with Crippen molar-refractivity contribution in [1.29, 1.82) is 0 Å². The zero-order valence-electron chi connectivity index (χ0n) is 9.54. The summed E-state index contributed by atoms with van der Waals surface area (Å²) in [6.45, 7) is 5.12. The summed E-state index contributed by atoms with van der Waals surface area (Å²) < 4.78 is 0. The fraction of sp³-hybridized carbons (Fsp3) is 0.500. The molecule has 0 saturated heterocycles. The fourth-order valence-electron chi connectivity index (χ4n) is 1.01. The molecule has 0 radical (unpaired) electrons. The topological polar surface area (TPSA) is 74.8 Å². The van der Waals surface area contributed by atoms with Crippen LogP contribution >= 0.6 is 0 Å². The molecule has 0 aliphatic heterocycles. The third-order valence-corrected chi connectivity index (χ3v) is 1.67. The smallest absolute Gasteiger partial charge is 0.242 e. The number of nitrogens with zero attached hydrogens (tertiary/aromatic N) is 3. The summed E-state index contributed by atoms with van der Waals surface area (Å²) >= 11 is 0. The highest BCUT2D eigenvalue weighted by Gasteiger charge is 2.01. The third kappa shape index (κ3) is 4.11. The summed E-state index contributed by atoms with van der Waals surface area (Å²) in [7, 11) is 0. The summed E-state index contributed by atoms with van der Waals surface area (Å²) in [4.78, 5) is 12.4. The van der Waals surface area contributed by atoms with Crippen molar-refractivity contribution in [3.05, 3.63) is 5.82 Å². The van der Waals surface area contributed by atoms with Gasteiger partial charge in [0.05, 0.1) is 6.54 Å². The Morgan fingerprint density at radius 1 is 1.25 bits per heavy atom. The summed E-state index contributed by atoms with van der Waals surface area (Å²) in [6.07, 6.45) is 6.17. The van der Waals surface area contributed by atoms with E-state index in [4.69, 9.17) is 6.42 Å². The largest absolute Gasteiger partial charge is 0.343 e. The van der Waals surface area contributed by atoms with Crippen molar-refractivity contribution in [3.63, 3.8) is 0 Å². The van der Waals surface area contributed by atoms with Crippen LogP contribution in [0.2, 0.25) is 0 Å². The molecular weight excluding hydrogens is 204 g/mol. The number of hydrogen-bond donors (Lipinski definition) is 3. The number of hydrazine groups is 1. The van der Waals surface area contributed by atoms with Crippen molar-refractivity contribution in [2.24, 2.45) is 0 Å². The SMILES string of the molecule is C#CCNc1nc(C)nc(NNCCC)n1. The van der Waals surface area contributed by atoms with Gasteiger partial charge in [-0.2, -0.15) is 15.0 Å². The van der Waals surface area contributed by atoms with Crippen molar-refractivity contribution in [3.8, 4) is 12.3 Å². The van der Waals surface area contributed by atoms with Crippen LogP contribution in [0.3, 0.4) is 0 Å². The lowest BCUT2D eigenvalue weighted by molar-refractivity contribution is 0.746. The molecule has 0 aliphatic carbocycles. The maximum atomic E-state index is 5.14. The van der Waals surface area contributed by atoms with Gasteiger partial charge in [-0.05, 0) is 13.3 Å². The van der Waals surface area contributed by atoms with Crippen LogP contribution in [-0.4, -0.2) is 28.0 Å². The Kier molecular flexibility index (Phi) is 5.02. The maximum Gasteiger partial charge on any atom is 0.242 e. The molecule has 0 fully saturated rings. The van der Waals surface area contributed by atoms with Crippen molar-refractivity contribution in [1.82, 2.24) is 20.4 Å². The zero-order chi connectivity index (χ0) is 11.8. The number of nitrogens with one attached hydrogen (secondary N) is 3. The molecule has 0 amide bonds. The molecule has 3 N–H and O–H groups in total. The van der Waals surface area contributed by atoms with Crippen molar-refractivity contribution in [2.75, 3.05) is 23.8 Å². The molecule has 6 nitrogen and oxygen atoms in total. The summed E-state index contributed by atoms with van der Waals surface area (Å²) in [5.74, 6) is 4.06. The molecule has 6 heteroatoms. The van der Waals surface area contributed by atoms with E-state index in [0.717, 1.165) is 13.0 Å². The van der Waals surface area contributed by atoms with Gasteiger partial charge in [0.2, 0.25) is 11.9 Å². The van der Waals surface area contributed by atoms with Crippen LogP contribution in [0.5, 0.6) is 0 Å². The standard InChI is InChI=1S/C10H16N6/c1-4-6-11-9-13-8(3)14-10(15-9)16-12-7-5-2/h1,12H,5-7H2,2-3H3,(H2,11,13,14,15,16). The van der Waals surface area contributed by atoms with Gasteiger partial charge >= 0.3 is 0 Å². The molecule has 1 aromatic heterocycles. The predicted molar refractivity (Wildman–Crippen MR) is 63.8 cm³/mol. The Bertz CT molecular complexity index is 370. The van der Waals surface area contributed by atoms with Crippen LogP contribution in [0.15, 0.2) is 0 Å².